The number of nitrogens with one attached hydrogen (secondary N) is 2. The van der Waals surface area contributed by atoms with Crippen LogP contribution in [0.2, 0.25) is 0 Å². The number of rotatable bonds is 0. The van der Waals surface area contributed by atoms with Crippen molar-refractivity contribution in [3.05, 3.63) is 47.2 Å². The highest BCUT2D eigenvalue weighted by atomic mass is 15.2. The van der Waals surface area contributed by atoms with Gasteiger partial charge in [0.2, 0.25) is 0 Å². The average molecular weight is 279 g/mol. The van der Waals surface area contributed by atoms with Gasteiger partial charge in [0.25, 0.3) is 0 Å². The predicted molar refractivity (Wildman–Crippen MR) is 85.4 cm³/mol. The van der Waals surface area contributed by atoms with Gasteiger partial charge in [0, 0.05) is 29.2 Å². The molecule has 3 heterocycles. The summed E-state index contributed by atoms with van der Waals surface area (Å²) in [6, 6.07) is 9.59. The lowest BCUT2D eigenvalue weighted by molar-refractivity contribution is -0.924. The molecule has 2 nitrogen and oxygen atoms in total. The van der Waals surface area contributed by atoms with Gasteiger partial charge in [0.15, 0.2) is 0 Å². The second kappa shape index (κ2) is 4.23. The molecule has 108 valence electrons. The summed E-state index contributed by atoms with van der Waals surface area (Å²) in [7, 11) is 0. The van der Waals surface area contributed by atoms with E-state index >= 15 is 0 Å². The van der Waals surface area contributed by atoms with Crippen molar-refractivity contribution < 1.29 is 4.90 Å². The van der Waals surface area contributed by atoms with Gasteiger partial charge in [0.05, 0.1) is 18.8 Å². The second-order valence-corrected chi connectivity index (χ2v) is 7.32. The van der Waals surface area contributed by atoms with Crippen LogP contribution < -0.4 is 4.90 Å². The number of H-pyrrole nitrogens is 1. The van der Waals surface area contributed by atoms with Crippen molar-refractivity contribution in [3.63, 3.8) is 0 Å². The van der Waals surface area contributed by atoms with Crippen LogP contribution in [0.5, 0.6) is 0 Å². The predicted octanol–water partition coefficient (Wildman–Crippen LogP) is 2.64. The highest BCUT2D eigenvalue weighted by molar-refractivity contribution is 5.85. The van der Waals surface area contributed by atoms with E-state index in [0.717, 1.165) is 17.9 Å². The fraction of sp³-hybridized carbons (Fsp3) is 0.474. The van der Waals surface area contributed by atoms with Crippen molar-refractivity contribution in [2.45, 2.75) is 32.2 Å². The van der Waals surface area contributed by atoms with Crippen molar-refractivity contribution in [1.82, 2.24) is 4.98 Å². The molecule has 0 radical (unpaired) electrons. The van der Waals surface area contributed by atoms with Crippen LogP contribution in [0.4, 0.5) is 0 Å². The summed E-state index contributed by atoms with van der Waals surface area (Å²) in [5, 5.41) is 1.47. The molecule has 1 unspecified atom stereocenters. The fourth-order valence-electron chi connectivity index (χ4n) is 5.26. The minimum Gasteiger partial charge on any atom is -0.353 e. The van der Waals surface area contributed by atoms with Crippen LogP contribution >= 0.6 is 0 Å². The first-order chi connectivity index (χ1) is 10.3. The molecule has 1 fully saturated rings. The first kappa shape index (κ1) is 12.0. The standard InChI is InChI=1S/C19H22N2/c1-12-6-7-13-11-21-9-8-15-14-4-2-3-5-17(14)20-18(15)19(21)16(13)10-12/h2-6,13,16,19-20H,7-11H2,1H3/p+1/t13-,16+,19-/m0/s1. The Labute approximate surface area is 125 Å². The van der Waals surface area contributed by atoms with E-state index < -0.39 is 0 Å². The van der Waals surface area contributed by atoms with E-state index in [1.165, 1.54) is 43.3 Å². The van der Waals surface area contributed by atoms with Gasteiger partial charge in [-0.25, -0.2) is 0 Å². The zero-order valence-electron chi connectivity index (χ0n) is 12.7. The molecule has 3 aliphatic rings. The number of allylic oxidation sites excluding steroid dienone is 2. The van der Waals surface area contributed by atoms with Crippen LogP contribution in [0.15, 0.2) is 35.9 Å². The van der Waals surface area contributed by atoms with Crippen LogP contribution in [-0.2, 0) is 6.42 Å². The number of hydrogen-bond acceptors (Lipinski definition) is 0. The Kier molecular flexibility index (Phi) is 2.43. The molecule has 2 N–H and O–H groups in total. The lowest BCUT2D eigenvalue weighted by atomic mass is 9.77. The summed E-state index contributed by atoms with van der Waals surface area (Å²) < 4.78 is 0. The van der Waals surface area contributed by atoms with Gasteiger partial charge >= 0.3 is 0 Å². The van der Waals surface area contributed by atoms with Crippen molar-refractivity contribution in [1.29, 1.82) is 0 Å². The number of para-hydroxylation sites is 1. The zero-order chi connectivity index (χ0) is 14.0. The van der Waals surface area contributed by atoms with Gasteiger partial charge in [-0.1, -0.05) is 29.8 Å². The maximum absolute atomic E-state index is 3.80. The Morgan fingerprint density at radius 1 is 1.24 bits per heavy atom. The van der Waals surface area contributed by atoms with Gasteiger partial charge in [0.1, 0.15) is 6.04 Å². The Morgan fingerprint density at radius 2 is 2.14 bits per heavy atom. The van der Waals surface area contributed by atoms with Gasteiger partial charge in [-0.2, -0.15) is 0 Å². The summed E-state index contributed by atoms with van der Waals surface area (Å²) in [4.78, 5) is 5.63. The minimum absolute atomic E-state index is 0.717. The maximum Gasteiger partial charge on any atom is 0.132 e. The largest absolute Gasteiger partial charge is 0.353 e. The molecule has 1 saturated heterocycles. The quantitative estimate of drug-likeness (QED) is 0.692. The second-order valence-electron chi connectivity index (χ2n) is 7.32. The molecule has 0 saturated carbocycles. The van der Waals surface area contributed by atoms with Crippen molar-refractivity contribution >= 4 is 10.9 Å². The monoisotopic (exact) mass is 279 g/mol. The molecule has 1 aliphatic carbocycles. The number of hydrogen-bond donors (Lipinski definition) is 2. The van der Waals surface area contributed by atoms with Crippen LogP contribution in [0.3, 0.4) is 0 Å². The van der Waals surface area contributed by atoms with E-state index in [9.17, 15) is 0 Å². The Morgan fingerprint density at radius 3 is 3.10 bits per heavy atom. The minimum atomic E-state index is 0.717. The van der Waals surface area contributed by atoms with E-state index in [0.29, 0.717) is 0 Å². The van der Waals surface area contributed by atoms with Crippen molar-refractivity contribution in [3.8, 4) is 0 Å². The van der Waals surface area contributed by atoms with Crippen LogP contribution in [0.25, 0.3) is 10.9 Å². The molecule has 1 aromatic heterocycles. The SMILES string of the molecule is CC1=CC[C@H]2C[NH+]3CCc4c([nH]c5ccccc45)[C@@H]3[C@@H]2C1. The van der Waals surface area contributed by atoms with Crippen LogP contribution in [0, 0.1) is 11.8 Å². The molecular formula is C19H23N2+. The summed E-state index contributed by atoms with van der Waals surface area (Å²) in [5.74, 6) is 1.77. The van der Waals surface area contributed by atoms with Crippen LogP contribution in [0.1, 0.15) is 37.1 Å². The van der Waals surface area contributed by atoms with E-state index in [2.05, 4.69) is 42.2 Å². The van der Waals surface area contributed by atoms with Crippen molar-refractivity contribution in [2.75, 3.05) is 13.1 Å². The van der Waals surface area contributed by atoms with Gasteiger partial charge in [-0.3, -0.25) is 0 Å². The normalized spacial score (nSPS) is 34.2. The van der Waals surface area contributed by atoms with Gasteiger partial charge in [-0.05, 0) is 31.4 Å². The molecule has 5 rings (SSSR count). The molecule has 2 aromatic rings. The van der Waals surface area contributed by atoms with Crippen molar-refractivity contribution in [2.24, 2.45) is 11.8 Å². The highest BCUT2D eigenvalue weighted by Crippen LogP contribution is 2.43. The summed E-state index contributed by atoms with van der Waals surface area (Å²) in [6.07, 6.45) is 6.36. The molecule has 0 spiro atoms. The van der Waals surface area contributed by atoms with E-state index in [-0.39, 0.29) is 0 Å². The van der Waals surface area contributed by atoms with Crippen LogP contribution in [-0.4, -0.2) is 18.1 Å². The molecule has 0 bridgehead atoms. The first-order valence-corrected chi connectivity index (χ1v) is 8.41. The Hall–Kier alpha value is -1.54. The van der Waals surface area contributed by atoms with Gasteiger partial charge < -0.3 is 9.88 Å². The summed E-state index contributed by atoms with van der Waals surface area (Å²) in [6.45, 7) is 5.03. The number of aromatic amines is 1. The third kappa shape index (κ3) is 1.63. The average Bonchev–Trinajstić information content (AvgIpc) is 3.04. The lowest BCUT2D eigenvalue weighted by Crippen LogP contribution is -3.11. The smallest absolute Gasteiger partial charge is 0.132 e. The lowest BCUT2D eigenvalue weighted by Gasteiger charge is -2.30. The topological polar surface area (TPSA) is 20.2 Å². The number of quaternary nitrogens is 1. The fourth-order valence-corrected chi connectivity index (χ4v) is 5.26. The zero-order valence-corrected chi connectivity index (χ0v) is 12.7. The maximum atomic E-state index is 3.80. The molecule has 1 aromatic carbocycles. The summed E-state index contributed by atoms with van der Waals surface area (Å²) in [5.41, 5.74) is 6.14. The number of aromatic nitrogens is 1. The van der Waals surface area contributed by atoms with Gasteiger partial charge in [-0.15, -0.1) is 0 Å². The molecule has 4 atom stereocenters. The third-order valence-electron chi connectivity index (χ3n) is 6.18. The van der Waals surface area contributed by atoms with E-state index in [1.54, 1.807) is 16.8 Å². The first-order valence-electron chi connectivity index (χ1n) is 8.41. The highest BCUT2D eigenvalue weighted by Gasteiger charge is 2.49. The molecule has 2 aliphatic heterocycles. The summed E-state index contributed by atoms with van der Waals surface area (Å²) >= 11 is 0. The Balaban J connectivity index is 1.65. The van der Waals surface area contributed by atoms with E-state index in [4.69, 9.17) is 0 Å². The molecule has 0 amide bonds. The Bertz CT molecular complexity index is 739. The number of fused-ring (bicyclic) bond motifs is 7. The molecular weight excluding hydrogens is 256 g/mol. The third-order valence-corrected chi connectivity index (χ3v) is 6.18. The number of benzene rings is 1. The molecule has 2 heteroatoms. The molecule has 21 heavy (non-hydrogen) atoms. The van der Waals surface area contributed by atoms with E-state index in [1.807, 2.05) is 4.90 Å².